The molecule has 5 heteroatoms. The minimum Gasteiger partial charge on any atom is -1.00 e. The maximum atomic E-state index is 6.07. The minimum atomic E-state index is 0. The van der Waals surface area contributed by atoms with Crippen LogP contribution in [0.2, 0.25) is 10.0 Å². The fraction of sp³-hybridized carbons (Fsp3) is 0.417. The number of hydrogen-bond donors (Lipinski definition) is 0. The van der Waals surface area contributed by atoms with E-state index >= 15 is 0 Å². The van der Waals surface area contributed by atoms with Gasteiger partial charge in [0.15, 0.2) is 11.0 Å². The Kier molecular flexibility index (Phi) is 5.10. The van der Waals surface area contributed by atoms with E-state index in [0.717, 1.165) is 24.1 Å². The second kappa shape index (κ2) is 5.76. The van der Waals surface area contributed by atoms with Crippen LogP contribution in [0.25, 0.3) is 11.0 Å². The van der Waals surface area contributed by atoms with Gasteiger partial charge in [0.2, 0.25) is 0 Å². The van der Waals surface area contributed by atoms with Crippen molar-refractivity contribution in [1.29, 1.82) is 0 Å². The molecule has 0 aliphatic rings. The summed E-state index contributed by atoms with van der Waals surface area (Å²) in [7, 11) is 0. The van der Waals surface area contributed by atoms with Gasteiger partial charge in [-0.1, -0.05) is 23.2 Å². The number of benzene rings is 1. The van der Waals surface area contributed by atoms with Crippen LogP contribution >= 0.6 is 23.2 Å². The quantitative estimate of drug-likeness (QED) is 0.529. The first kappa shape index (κ1) is 15.1. The third kappa shape index (κ3) is 2.42. The molecule has 1 aromatic heterocycles. The zero-order valence-electron chi connectivity index (χ0n) is 10.1. The monoisotopic (exact) mass is 384 g/mol. The van der Waals surface area contributed by atoms with Crippen LogP contribution in [0, 0.1) is 6.92 Å². The molecule has 0 bridgehead atoms. The van der Waals surface area contributed by atoms with Gasteiger partial charge in [-0.25, -0.2) is 9.13 Å². The smallest absolute Gasteiger partial charge is 0.254 e. The molecule has 17 heavy (non-hydrogen) atoms. The standard InChI is InChI=1S/C12H15Cl2N2.HI/c1-4-15-8(3)16(5-2)12-7-10(14)9(13)6-11(12)15;/h6-7H,4-5H2,1-3H3;1H/q+1;/p-1. The highest BCUT2D eigenvalue weighted by molar-refractivity contribution is 6.42. The summed E-state index contributed by atoms with van der Waals surface area (Å²) in [5.74, 6) is 1.23. The van der Waals surface area contributed by atoms with Gasteiger partial charge < -0.3 is 24.0 Å². The van der Waals surface area contributed by atoms with Crippen LogP contribution in [0.4, 0.5) is 0 Å². The number of rotatable bonds is 2. The summed E-state index contributed by atoms with van der Waals surface area (Å²) in [5, 5.41) is 1.23. The minimum absolute atomic E-state index is 0. The van der Waals surface area contributed by atoms with Crippen LogP contribution in [0.1, 0.15) is 19.7 Å². The number of fused-ring (bicyclic) bond motifs is 1. The van der Waals surface area contributed by atoms with Crippen LogP contribution in [0.3, 0.4) is 0 Å². The number of aromatic nitrogens is 2. The fourth-order valence-corrected chi connectivity index (χ4v) is 2.57. The van der Waals surface area contributed by atoms with Crippen molar-refractivity contribution in [2.45, 2.75) is 33.9 Å². The van der Waals surface area contributed by atoms with Crippen LogP contribution in [-0.4, -0.2) is 4.57 Å². The van der Waals surface area contributed by atoms with E-state index in [0.29, 0.717) is 10.0 Å². The van der Waals surface area contributed by atoms with Gasteiger partial charge >= 0.3 is 0 Å². The maximum absolute atomic E-state index is 6.07. The van der Waals surface area contributed by atoms with E-state index in [1.807, 2.05) is 12.1 Å². The Hall–Kier alpha value is -0.000000000000000111. The molecule has 0 fully saturated rings. The van der Waals surface area contributed by atoms with Crippen molar-refractivity contribution >= 4 is 34.2 Å². The van der Waals surface area contributed by atoms with Gasteiger partial charge in [-0.2, -0.15) is 0 Å². The SMILES string of the molecule is CCn1c(C)[n+](CC)c2cc(Cl)c(Cl)cc21.[I-]. The first-order chi connectivity index (χ1) is 7.60. The lowest BCUT2D eigenvalue weighted by Crippen LogP contribution is -3.00. The fourth-order valence-electron chi connectivity index (χ4n) is 2.25. The van der Waals surface area contributed by atoms with E-state index < -0.39 is 0 Å². The summed E-state index contributed by atoms with van der Waals surface area (Å²) in [6.45, 7) is 8.26. The van der Waals surface area contributed by atoms with Crippen molar-refractivity contribution in [1.82, 2.24) is 4.57 Å². The molecule has 0 radical (unpaired) electrons. The lowest BCUT2D eigenvalue weighted by Gasteiger charge is -1.95. The number of imidazole rings is 1. The molecule has 1 heterocycles. The second-order valence-electron chi connectivity index (χ2n) is 3.79. The average Bonchev–Trinajstić information content (AvgIpc) is 2.50. The Labute approximate surface area is 129 Å². The third-order valence-electron chi connectivity index (χ3n) is 3.01. The van der Waals surface area contributed by atoms with Crippen molar-refractivity contribution in [2.75, 3.05) is 0 Å². The Morgan fingerprint density at radius 2 is 1.76 bits per heavy atom. The van der Waals surface area contributed by atoms with Gasteiger partial charge in [0.05, 0.1) is 23.1 Å². The van der Waals surface area contributed by atoms with Gasteiger partial charge in [0.25, 0.3) is 5.82 Å². The first-order valence-corrected chi connectivity index (χ1v) is 6.23. The largest absolute Gasteiger partial charge is 1.00 e. The topological polar surface area (TPSA) is 8.81 Å². The van der Waals surface area contributed by atoms with Crippen molar-refractivity contribution in [2.24, 2.45) is 0 Å². The zero-order chi connectivity index (χ0) is 11.9. The molecule has 2 rings (SSSR count). The van der Waals surface area contributed by atoms with E-state index in [1.54, 1.807) is 0 Å². The highest BCUT2D eigenvalue weighted by atomic mass is 127. The van der Waals surface area contributed by atoms with Crippen molar-refractivity contribution in [3.63, 3.8) is 0 Å². The first-order valence-electron chi connectivity index (χ1n) is 5.47. The van der Waals surface area contributed by atoms with E-state index in [4.69, 9.17) is 23.2 Å². The summed E-state index contributed by atoms with van der Waals surface area (Å²) in [4.78, 5) is 0. The van der Waals surface area contributed by atoms with Gasteiger partial charge in [0.1, 0.15) is 0 Å². The number of halogens is 3. The van der Waals surface area contributed by atoms with Gasteiger partial charge in [-0.05, 0) is 13.8 Å². The molecule has 0 aliphatic carbocycles. The normalized spacial score (nSPS) is 10.6. The Morgan fingerprint density at radius 3 is 2.29 bits per heavy atom. The number of hydrogen-bond acceptors (Lipinski definition) is 0. The van der Waals surface area contributed by atoms with E-state index in [2.05, 4.69) is 29.9 Å². The van der Waals surface area contributed by atoms with E-state index in [9.17, 15) is 0 Å². The molecule has 0 amide bonds. The molecular formula is C12H15Cl2IN2. The lowest BCUT2D eigenvalue weighted by molar-refractivity contribution is -0.674. The lowest BCUT2D eigenvalue weighted by atomic mass is 10.3. The van der Waals surface area contributed by atoms with Crippen LogP contribution in [-0.2, 0) is 13.1 Å². The molecule has 1 aromatic carbocycles. The molecule has 0 unspecified atom stereocenters. The third-order valence-corrected chi connectivity index (χ3v) is 3.73. The predicted octanol–water partition coefficient (Wildman–Crippen LogP) is 0.588. The highest BCUT2D eigenvalue weighted by Crippen LogP contribution is 2.27. The number of aryl methyl sites for hydroxylation is 2. The molecule has 2 nitrogen and oxygen atoms in total. The molecule has 0 N–H and O–H groups in total. The van der Waals surface area contributed by atoms with Crippen LogP contribution < -0.4 is 28.5 Å². The summed E-state index contributed by atoms with van der Waals surface area (Å²) in [5.41, 5.74) is 2.30. The van der Waals surface area contributed by atoms with Crippen molar-refractivity contribution < 1.29 is 28.5 Å². The maximum Gasteiger partial charge on any atom is 0.254 e. The van der Waals surface area contributed by atoms with Gasteiger partial charge in [-0.15, -0.1) is 0 Å². The van der Waals surface area contributed by atoms with Crippen LogP contribution in [0.5, 0.6) is 0 Å². The highest BCUT2D eigenvalue weighted by Gasteiger charge is 2.20. The Bertz CT molecular complexity index is 502. The molecule has 94 valence electrons. The molecular weight excluding hydrogens is 370 g/mol. The summed E-state index contributed by atoms with van der Waals surface area (Å²) in [6.07, 6.45) is 0. The molecule has 0 aliphatic heterocycles. The Balaban J connectivity index is 0.00000144. The average molecular weight is 385 g/mol. The molecule has 0 saturated carbocycles. The van der Waals surface area contributed by atoms with Crippen molar-refractivity contribution in [3.05, 3.63) is 28.0 Å². The van der Waals surface area contributed by atoms with Crippen LogP contribution in [0.15, 0.2) is 12.1 Å². The predicted molar refractivity (Wildman–Crippen MR) is 68.2 cm³/mol. The van der Waals surface area contributed by atoms with Crippen molar-refractivity contribution in [3.8, 4) is 0 Å². The summed E-state index contributed by atoms with van der Waals surface area (Å²) < 4.78 is 4.50. The molecule has 0 atom stereocenters. The Morgan fingerprint density at radius 1 is 1.18 bits per heavy atom. The summed E-state index contributed by atoms with van der Waals surface area (Å²) in [6, 6.07) is 3.89. The number of nitrogens with zero attached hydrogens (tertiary/aromatic N) is 2. The summed E-state index contributed by atoms with van der Waals surface area (Å²) >= 11 is 12.1. The molecule has 0 saturated heterocycles. The van der Waals surface area contributed by atoms with E-state index in [-0.39, 0.29) is 24.0 Å². The zero-order valence-corrected chi connectivity index (χ0v) is 13.8. The molecule has 0 spiro atoms. The van der Waals surface area contributed by atoms with Gasteiger partial charge in [-0.3, -0.25) is 0 Å². The second-order valence-corrected chi connectivity index (χ2v) is 4.61. The van der Waals surface area contributed by atoms with Gasteiger partial charge in [0, 0.05) is 19.1 Å². The molecule has 2 aromatic rings. The van der Waals surface area contributed by atoms with E-state index in [1.165, 1.54) is 5.82 Å².